The van der Waals surface area contributed by atoms with Gasteiger partial charge in [0.1, 0.15) is 5.75 Å². The van der Waals surface area contributed by atoms with Gasteiger partial charge in [-0.15, -0.1) is 0 Å². The lowest BCUT2D eigenvalue weighted by atomic mass is 10.2. The Labute approximate surface area is 70.8 Å². The highest BCUT2D eigenvalue weighted by Crippen LogP contribution is 2.31. The maximum atomic E-state index is 6.79. The Morgan fingerprint density at radius 1 is 1.17 bits per heavy atom. The molecule has 0 aromatic heterocycles. The molecule has 0 N–H and O–H groups in total. The van der Waals surface area contributed by atoms with Gasteiger partial charge in [0.05, 0.1) is 20.3 Å². The van der Waals surface area contributed by atoms with Crippen LogP contribution < -0.4 is 4.74 Å². The second-order valence-electron chi connectivity index (χ2n) is 2.08. The molecule has 0 fully saturated rings. The first-order valence-electron chi connectivity index (χ1n) is 3.24. The summed E-state index contributed by atoms with van der Waals surface area (Å²) in [6, 6.07) is 4.81. The van der Waals surface area contributed by atoms with Gasteiger partial charge in [0.15, 0.2) is 11.4 Å². The van der Waals surface area contributed by atoms with E-state index < -0.39 is 0 Å². The maximum Gasteiger partial charge on any atom is 0.198 e. The van der Waals surface area contributed by atoms with Crippen LogP contribution >= 0.6 is 0 Å². The van der Waals surface area contributed by atoms with E-state index in [0.29, 0.717) is 17.1 Å². The largest absolute Gasteiger partial charge is 0.498 e. The van der Waals surface area contributed by atoms with Crippen molar-refractivity contribution in [1.29, 1.82) is 0 Å². The second kappa shape index (κ2) is 3.41. The quantitative estimate of drug-likeness (QED) is 0.574. The van der Waals surface area contributed by atoms with Crippen molar-refractivity contribution in [1.82, 2.24) is 0 Å². The average molecular weight is 158 g/mol. The molecule has 3 nitrogen and oxygen atoms in total. The Bertz CT molecular complexity index is 371. The molecule has 0 saturated heterocycles. The topological polar surface area (TPSA) is 17.9 Å². The molecule has 0 unspecified atom stereocenters. The standard InChI is InChI=1S/C9H6N2O/c1-10-8-5-4-7(12-3)6-9(8)11-2/h4-6H,3H3. The molecule has 0 bridgehead atoms. The first kappa shape index (κ1) is 8.10. The maximum absolute atomic E-state index is 6.79. The monoisotopic (exact) mass is 158 g/mol. The van der Waals surface area contributed by atoms with Crippen LogP contribution in [0.2, 0.25) is 0 Å². The minimum absolute atomic E-state index is 0.337. The fourth-order valence-corrected chi connectivity index (χ4v) is 0.814. The van der Waals surface area contributed by atoms with Crippen LogP contribution in [0.4, 0.5) is 11.4 Å². The summed E-state index contributed by atoms with van der Waals surface area (Å²) in [7, 11) is 1.53. The number of rotatable bonds is 1. The van der Waals surface area contributed by atoms with Gasteiger partial charge in [0.25, 0.3) is 0 Å². The SMILES string of the molecule is [C-]#[N+]c1ccc(OC)cc1[N+]#[C-]. The first-order valence-corrected chi connectivity index (χ1v) is 3.24. The lowest BCUT2D eigenvalue weighted by Gasteiger charge is -1.99. The van der Waals surface area contributed by atoms with Gasteiger partial charge < -0.3 is 4.74 Å². The number of benzene rings is 1. The molecule has 0 amide bonds. The van der Waals surface area contributed by atoms with Crippen LogP contribution in [0.25, 0.3) is 9.69 Å². The summed E-state index contributed by atoms with van der Waals surface area (Å²) in [5.41, 5.74) is 0.704. The van der Waals surface area contributed by atoms with Crippen molar-refractivity contribution in [2.24, 2.45) is 0 Å². The zero-order valence-electron chi connectivity index (χ0n) is 6.53. The molecule has 3 heteroatoms. The minimum Gasteiger partial charge on any atom is -0.498 e. The summed E-state index contributed by atoms with van der Waals surface area (Å²) in [5, 5.41) is 0. The average Bonchev–Trinajstić information content (AvgIpc) is 2.16. The van der Waals surface area contributed by atoms with Crippen molar-refractivity contribution < 1.29 is 4.74 Å². The highest BCUT2D eigenvalue weighted by molar-refractivity contribution is 5.72. The van der Waals surface area contributed by atoms with Crippen molar-refractivity contribution >= 4 is 11.4 Å². The third-order valence-corrected chi connectivity index (χ3v) is 1.42. The van der Waals surface area contributed by atoms with E-state index in [1.807, 2.05) is 0 Å². The summed E-state index contributed by atoms with van der Waals surface area (Å²) >= 11 is 0. The van der Waals surface area contributed by atoms with E-state index in [-0.39, 0.29) is 0 Å². The second-order valence-corrected chi connectivity index (χ2v) is 2.08. The van der Waals surface area contributed by atoms with Gasteiger partial charge in [-0.2, -0.15) is 0 Å². The molecular weight excluding hydrogens is 152 g/mol. The van der Waals surface area contributed by atoms with Crippen molar-refractivity contribution in [3.05, 3.63) is 41.0 Å². The molecule has 0 radical (unpaired) electrons. The lowest BCUT2D eigenvalue weighted by molar-refractivity contribution is 0.415. The third-order valence-electron chi connectivity index (χ3n) is 1.42. The molecule has 1 rings (SSSR count). The van der Waals surface area contributed by atoms with Gasteiger partial charge in [-0.3, -0.25) is 4.85 Å². The van der Waals surface area contributed by atoms with Gasteiger partial charge in [-0.1, -0.05) is 6.07 Å². The normalized spacial score (nSPS) is 8.25. The van der Waals surface area contributed by atoms with E-state index >= 15 is 0 Å². The Kier molecular flexibility index (Phi) is 2.30. The molecule has 12 heavy (non-hydrogen) atoms. The highest BCUT2D eigenvalue weighted by atomic mass is 16.5. The molecule has 58 valence electrons. The van der Waals surface area contributed by atoms with Gasteiger partial charge in [-0.05, 0) is 12.1 Å². The lowest BCUT2D eigenvalue weighted by Crippen LogP contribution is -1.79. The number of methoxy groups -OCH3 is 1. The van der Waals surface area contributed by atoms with E-state index in [2.05, 4.69) is 9.69 Å². The Balaban J connectivity index is 3.25. The number of ether oxygens (including phenoxy) is 1. The molecule has 0 aliphatic rings. The van der Waals surface area contributed by atoms with Gasteiger partial charge in [0, 0.05) is 0 Å². The Morgan fingerprint density at radius 2 is 1.83 bits per heavy atom. The van der Waals surface area contributed by atoms with Gasteiger partial charge >= 0.3 is 0 Å². The smallest absolute Gasteiger partial charge is 0.198 e. The van der Waals surface area contributed by atoms with Crippen LogP contribution in [-0.4, -0.2) is 7.11 Å². The number of nitrogens with zero attached hydrogens (tertiary/aromatic N) is 2. The summed E-state index contributed by atoms with van der Waals surface area (Å²) in [6.45, 7) is 13.5. The molecule has 0 aliphatic heterocycles. The summed E-state index contributed by atoms with van der Waals surface area (Å²) in [6.07, 6.45) is 0. The van der Waals surface area contributed by atoms with Crippen LogP contribution in [-0.2, 0) is 0 Å². The molecule has 1 aromatic rings. The summed E-state index contributed by atoms with van der Waals surface area (Å²) in [4.78, 5) is 6.40. The Morgan fingerprint density at radius 3 is 2.33 bits per heavy atom. The molecule has 1 aromatic carbocycles. The highest BCUT2D eigenvalue weighted by Gasteiger charge is 2.02. The molecule has 0 saturated carbocycles. The van der Waals surface area contributed by atoms with E-state index in [1.165, 1.54) is 7.11 Å². The van der Waals surface area contributed by atoms with E-state index in [9.17, 15) is 0 Å². The predicted octanol–water partition coefficient (Wildman–Crippen LogP) is 2.80. The summed E-state index contributed by atoms with van der Waals surface area (Å²) in [5.74, 6) is 0.605. The zero-order valence-corrected chi connectivity index (χ0v) is 6.53. The van der Waals surface area contributed by atoms with E-state index in [0.717, 1.165) is 0 Å². The fourth-order valence-electron chi connectivity index (χ4n) is 0.814. The van der Waals surface area contributed by atoms with Crippen molar-refractivity contribution in [3.63, 3.8) is 0 Å². The van der Waals surface area contributed by atoms with Gasteiger partial charge in [0.2, 0.25) is 0 Å². The first-order chi connectivity index (χ1) is 5.81. The van der Waals surface area contributed by atoms with Crippen LogP contribution in [0.3, 0.4) is 0 Å². The van der Waals surface area contributed by atoms with Crippen molar-refractivity contribution in [2.75, 3.05) is 7.11 Å². The molecule has 0 heterocycles. The fraction of sp³-hybridized carbons (Fsp3) is 0.111. The number of hydrogen-bond donors (Lipinski definition) is 0. The van der Waals surface area contributed by atoms with Crippen molar-refractivity contribution in [3.8, 4) is 5.75 Å². The predicted molar refractivity (Wildman–Crippen MR) is 45.5 cm³/mol. The van der Waals surface area contributed by atoms with Crippen LogP contribution in [0.15, 0.2) is 18.2 Å². The van der Waals surface area contributed by atoms with Crippen LogP contribution in [0.5, 0.6) is 5.75 Å². The minimum atomic E-state index is 0.337. The van der Waals surface area contributed by atoms with Crippen LogP contribution in [0, 0.1) is 13.1 Å². The van der Waals surface area contributed by atoms with Crippen molar-refractivity contribution in [2.45, 2.75) is 0 Å². The molecule has 0 aliphatic carbocycles. The van der Waals surface area contributed by atoms with Crippen LogP contribution in [0.1, 0.15) is 0 Å². The zero-order chi connectivity index (χ0) is 8.97. The Hall–Kier alpha value is -2.00. The number of hydrogen-bond acceptors (Lipinski definition) is 1. The van der Waals surface area contributed by atoms with E-state index in [1.54, 1.807) is 18.2 Å². The third kappa shape index (κ3) is 1.36. The molecular formula is C9H6N2O. The van der Waals surface area contributed by atoms with E-state index in [4.69, 9.17) is 17.9 Å². The molecule has 0 spiro atoms. The molecule has 0 atom stereocenters. The summed E-state index contributed by atoms with van der Waals surface area (Å²) < 4.78 is 4.91. The van der Waals surface area contributed by atoms with Gasteiger partial charge in [-0.25, -0.2) is 4.85 Å².